The fourth-order valence-electron chi connectivity index (χ4n) is 1.68. The van der Waals surface area contributed by atoms with Crippen LogP contribution in [-0.4, -0.2) is 22.5 Å². The first kappa shape index (κ1) is 13.4. The van der Waals surface area contributed by atoms with Gasteiger partial charge in [-0.25, -0.2) is 4.98 Å². The number of hydrogen-bond acceptors (Lipinski definition) is 3. The number of aromatic nitrogens is 1. The Morgan fingerprint density at radius 3 is 2.44 bits per heavy atom. The molecular weight excluding hydrogens is 216 g/mol. The normalized spacial score (nSPS) is 11.5. The van der Waals surface area contributed by atoms with Gasteiger partial charge in [0.2, 0.25) is 0 Å². The van der Waals surface area contributed by atoms with E-state index in [2.05, 4.69) is 43.4 Å². The molecular formula is C13H22N2S. The molecule has 0 spiro atoms. The molecule has 2 nitrogen and oxygen atoms in total. The molecule has 1 rings (SSSR count). The summed E-state index contributed by atoms with van der Waals surface area (Å²) in [7, 11) is 0. The van der Waals surface area contributed by atoms with Crippen LogP contribution in [0.2, 0.25) is 0 Å². The molecule has 0 radical (unpaired) electrons. The van der Waals surface area contributed by atoms with E-state index in [1.54, 1.807) is 0 Å². The van der Waals surface area contributed by atoms with Crippen LogP contribution in [0.3, 0.4) is 0 Å². The van der Waals surface area contributed by atoms with Crippen molar-refractivity contribution in [2.45, 2.75) is 38.4 Å². The topological polar surface area (TPSA) is 24.9 Å². The molecule has 0 saturated carbocycles. The summed E-state index contributed by atoms with van der Waals surface area (Å²) in [6.45, 7) is 7.55. The lowest BCUT2D eigenvalue weighted by molar-refractivity contribution is 0.574. The van der Waals surface area contributed by atoms with Crippen molar-refractivity contribution < 1.29 is 0 Å². The van der Waals surface area contributed by atoms with Crippen LogP contribution in [0.15, 0.2) is 18.3 Å². The number of pyridine rings is 1. The Balaban J connectivity index is 2.58. The highest BCUT2D eigenvalue weighted by Gasteiger charge is 2.24. The van der Waals surface area contributed by atoms with E-state index >= 15 is 0 Å². The largest absolute Gasteiger partial charge is 0.369 e. The van der Waals surface area contributed by atoms with Gasteiger partial charge in [0.15, 0.2) is 0 Å². The van der Waals surface area contributed by atoms with Crippen LogP contribution in [-0.2, 0) is 0 Å². The first-order valence-electron chi connectivity index (χ1n) is 5.87. The Morgan fingerprint density at radius 2 is 2.00 bits per heavy atom. The van der Waals surface area contributed by atoms with E-state index in [9.17, 15) is 0 Å². The van der Waals surface area contributed by atoms with E-state index in [-0.39, 0.29) is 0 Å². The Morgan fingerprint density at radius 1 is 1.31 bits per heavy atom. The zero-order valence-corrected chi connectivity index (χ0v) is 11.5. The first-order valence-corrected chi connectivity index (χ1v) is 7.10. The smallest absolute Gasteiger partial charge is 0.125 e. The molecule has 1 aromatic heterocycles. The van der Waals surface area contributed by atoms with Crippen LogP contribution in [0.4, 0.5) is 5.82 Å². The van der Waals surface area contributed by atoms with Crippen molar-refractivity contribution >= 4 is 17.6 Å². The van der Waals surface area contributed by atoms with Gasteiger partial charge < -0.3 is 5.32 Å². The molecule has 1 aromatic rings. The molecule has 0 amide bonds. The predicted molar refractivity (Wildman–Crippen MR) is 74.3 cm³/mol. The third-order valence-electron chi connectivity index (χ3n) is 3.22. The number of nitrogens with one attached hydrogen (secondary N) is 1. The second-order valence-electron chi connectivity index (χ2n) is 4.17. The predicted octanol–water partition coefficient (Wildman–Crippen LogP) is 3.72. The monoisotopic (exact) mass is 238 g/mol. The van der Waals surface area contributed by atoms with Crippen molar-refractivity contribution in [3.05, 3.63) is 23.9 Å². The van der Waals surface area contributed by atoms with E-state index in [1.165, 1.54) is 18.4 Å². The maximum absolute atomic E-state index is 4.36. The lowest BCUT2D eigenvalue weighted by Gasteiger charge is -2.30. The van der Waals surface area contributed by atoms with E-state index in [4.69, 9.17) is 0 Å². The third-order valence-corrected chi connectivity index (χ3v) is 4.81. The van der Waals surface area contributed by atoms with E-state index < -0.39 is 0 Å². The molecule has 3 heteroatoms. The van der Waals surface area contributed by atoms with E-state index in [0.717, 1.165) is 12.4 Å². The Hall–Kier alpha value is -0.700. The first-order chi connectivity index (χ1) is 7.65. The van der Waals surface area contributed by atoms with Gasteiger partial charge in [0.1, 0.15) is 5.82 Å². The van der Waals surface area contributed by atoms with Crippen LogP contribution in [0.5, 0.6) is 0 Å². The highest BCUT2D eigenvalue weighted by molar-refractivity contribution is 8.00. The quantitative estimate of drug-likeness (QED) is 0.817. The van der Waals surface area contributed by atoms with Gasteiger partial charge in [-0.05, 0) is 37.7 Å². The molecule has 0 aliphatic rings. The van der Waals surface area contributed by atoms with Gasteiger partial charge in [0.05, 0.1) is 0 Å². The van der Waals surface area contributed by atoms with Crippen molar-refractivity contribution in [2.75, 3.05) is 18.1 Å². The molecule has 16 heavy (non-hydrogen) atoms. The molecule has 0 aliphatic heterocycles. The summed E-state index contributed by atoms with van der Waals surface area (Å²) in [6.07, 6.45) is 6.46. The summed E-state index contributed by atoms with van der Waals surface area (Å²) >= 11 is 1.95. The minimum atomic E-state index is 0.340. The molecule has 1 N–H and O–H groups in total. The standard InChI is InChI=1S/C13H22N2S/c1-5-13(6-2,16-4)10-15-12-8-7-11(3)9-14-12/h7-9H,5-6,10H2,1-4H3,(H,14,15). The molecule has 90 valence electrons. The van der Waals surface area contributed by atoms with Gasteiger partial charge in [0.25, 0.3) is 0 Å². The molecule has 0 aliphatic carbocycles. The highest BCUT2D eigenvalue weighted by atomic mass is 32.2. The number of anilines is 1. The van der Waals surface area contributed by atoms with Gasteiger partial charge in [0, 0.05) is 17.5 Å². The van der Waals surface area contributed by atoms with Crippen molar-refractivity contribution in [2.24, 2.45) is 0 Å². The molecule has 0 aromatic carbocycles. The van der Waals surface area contributed by atoms with Crippen molar-refractivity contribution in [3.63, 3.8) is 0 Å². The molecule has 0 unspecified atom stereocenters. The van der Waals surface area contributed by atoms with Crippen LogP contribution in [0.1, 0.15) is 32.3 Å². The summed E-state index contributed by atoms with van der Waals surface area (Å²) in [5.41, 5.74) is 1.20. The van der Waals surface area contributed by atoms with Gasteiger partial charge in [-0.3, -0.25) is 0 Å². The van der Waals surface area contributed by atoms with E-state index in [1.807, 2.05) is 24.0 Å². The fraction of sp³-hybridized carbons (Fsp3) is 0.615. The lowest BCUT2D eigenvalue weighted by Crippen LogP contribution is -2.32. The minimum absolute atomic E-state index is 0.340. The SMILES string of the molecule is CCC(CC)(CNc1ccc(C)cn1)SC. The summed E-state index contributed by atoms with van der Waals surface area (Å²) in [5, 5.41) is 3.43. The second kappa shape index (κ2) is 6.14. The Bertz CT molecular complexity index is 296. The maximum atomic E-state index is 4.36. The lowest BCUT2D eigenvalue weighted by atomic mass is 10.0. The van der Waals surface area contributed by atoms with Crippen LogP contribution in [0, 0.1) is 6.92 Å². The van der Waals surface area contributed by atoms with Gasteiger partial charge in [-0.15, -0.1) is 0 Å². The zero-order valence-electron chi connectivity index (χ0n) is 10.7. The number of aryl methyl sites for hydroxylation is 1. The number of thioether (sulfide) groups is 1. The van der Waals surface area contributed by atoms with Crippen molar-refractivity contribution in [1.29, 1.82) is 0 Å². The van der Waals surface area contributed by atoms with Crippen LogP contribution < -0.4 is 5.32 Å². The van der Waals surface area contributed by atoms with Crippen LogP contribution >= 0.6 is 11.8 Å². The van der Waals surface area contributed by atoms with Gasteiger partial charge >= 0.3 is 0 Å². The molecule has 0 atom stereocenters. The zero-order chi connectivity index (χ0) is 12.0. The summed E-state index contributed by atoms with van der Waals surface area (Å²) < 4.78 is 0.340. The van der Waals surface area contributed by atoms with E-state index in [0.29, 0.717) is 4.75 Å². The molecule has 0 bridgehead atoms. The Kier molecular flexibility index (Phi) is 5.13. The number of nitrogens with zero attached hydrogens (tertiary/aromatic N) is 1. The third kappa shape index (κ3) is 3.41. The number of hydrogen-bond donors (Lipinski definition) is 1. The Labute approximate surface area is 103 Å². The average molecular weight is 238 g/mol. The summed E-state index contributed by atoms with van der Waals surface area (Å²) in [5.74, 6) is 0.978. The molecule has 0 fully saturated rings. The second-order valence-corrected chi connectivity index (χ2v) is 5.44. The van der Waals surface area contributed by atoms with Gasteiger partial charge in [-0.1, -0.05) is 19.9 Å². The average Bonchev–Trinajstić information content (AvgIpc) is 2.34. The molecule has 1 heterocycles. The van der Waals surface area contributed by atoms with Crippen molar-refractivity contribution in [3.8, 4) is 0 Å². The minimum Gasteiger partial charge on any atom is -0.369 e. The highest BCUT2D eigenvalue weighted by Crippen LogP contribution is 2.30. The summed E-state index contributed by atoms with van der Waals surface area (Å²) in [4.78, 5) is 4.36. The number of rotatable bonds is 6. The summed E-state index contributed by atoms with van der Waals surface area (Å²) in [6, 6.07) is 4.14. The van der Waals surface area contributed by atoms with Crippen LogP contribution in [0.25, 0.3) is 0 Å². The fourth-order valence-corrected chi connectivity index (χ4v) is 2.48. The van der Waals surface area contributed by atoms with Gasteiger partial charge in [-0.2, -0.15) is 11.8 Å². The van der Waals surface area contributed by atoms with Crippen molar-refractivity contribution in [1.82, 2.24) is 4.98 Å². The molecule has 0 saturated heterocycles. The maximum Gasteiger partial charge on any atom is 0.125 e.